The van der Waals surface area contributed by atoms with E-state index < -0.39 is 5.41 Å². The number of aryl methyl sites for hydroxylation is 1. The van der Waals surface area contributed by atoms with Gasteiger partial charge in [0.2, 0.25) is 5.91 Å². The largest absolute Gasteiger partial charge is 0.342 e. The van der Waals surface area contributed by atoms with E-state index in [1.54, 1.807) is 12.4 Å². The van der Waals surface area contributed by atoms with Gasteiger partial charge in [-0.15, -0.1) is 0 Å². The SMILES string of the molecule is CCn1cc(/C=N\NC(=O)[C@@]2(C)CC[C@@H](c3nc4ccccc4[nH]3)C2(C)C)cn1. The lowest BCUT2D eigenvalue weighted by molar-refractivity contribution is -0.135. The first-order valence-electron chi connectivity index (χ1n) is 10.2. The van der Waals surface area contributed by atoms with Gasteiger partial charge in [-0.3, -0.25) is 9.48 Å². The first-order chi connectivity index (χ1) is 13.8. The summed E-state index contributed by atoms with van der Waals surface area (Å²) in [4.78, 5) is 21.4. The summed E-state index contributed by atoms with van der Waals surface area (Å²) in [6.07, 6.45) is 6.96. The van der Waals surface area contributed by atoms with Crippen molar-refractivity contribution in [1.29, 1.82) is 0 Å². The molecule has 152 valence electrons. The molecule has 3 aromatic rings. The fourth-order valence-electron chi connectivity index (χ4n) is 4.43. The third-order valence-electron chi connectivity index (χ3n) is 6.82. The van der Waals surface area contributed by atoms with Crippen LogP contribution in [0.1, 0.15) is 57.8 Å². The molecule has 7 heteroatoms. The van der Waals surface area contributed by atoms with Crippen molar-refractivity contribution in [2.45, 2.75) is 53.0 Å². The second kappa shape index (κ2) is 7.13. The summed E-state index contributed by atoms with van der Waals surface area (Å²) in [6, 6.07) is 8.05. The van der Waals surface area contributed by atoms with E-state index in [1.807, 2.05) is 49.0 Å². The molecule has 7 nitrogen and oxygen atoms in total. The number of aromatic amines is 1. The third kappa shape index (κ3) is 3.24. The van der Waals surface area contributed by atoms with Gasteiger partial charge in [-0.2, -0.15) is 10.2 Å². The molecule has 29 heavy (non-hydrogen) atoms. The van der Waals surface area contributed by atoms with Gasteiger partial charge in [-0.05, 0) is 37.3 Å². The van der Waals surface area contributed by atoms with Crippen LogP contribution in [0, 0.1) is 10.8 Å². The average Bonchev–Trinajstić information content (AvgIpc) is 3.38. The quantitative estimate of drug-likeness (QED) is 0.511. The highest BCUT2D eigenvalue weighted by molar-refractivity contribution is 5.86. The number of nitrogens with one attached hydrogen (secondary N) is 2. The van der Waals surface area contributed by atoms with Gasteiger partial charge in [0.25, 0.3) is 0 Å². The predicted octanol–water partition coefficient (Wildman–Crippen LogP) is 3.84. The van der Waals surface area contributed by atoms with Crippen molar-refractivity contribution in [3.05, 3.63) is 48.0 Å². The number of nitrogens with zero attached hydrogens (tertiary/aromatic N) is 4. The number of rotatable bonds is 5. The van der Waals surface area contributed by atoms with E-state index in [2.05, 4.69) is 34.5 Å². The minimum atomic E-state index is -0.540. The van der Waals surface area contributed by atoms with Crippen LogP contribution in [-0.2, 0) is 11.3 Å². The van der Waals surface area contributed by atoms with Gasteiger partial charge in [0.15, 0.2) is 0 Å². The van der Waals surface area contributed by atoms with Crippen LogP contribution in [0.2, 0.25) is 0 Å². The molecule has 0 saturated heterocycles. The number of hydrogen-bond acceptors (Lipinski definition) is 4. The average molecular weight is 393 g/mol. The summed E-state index contributed by atoms with van der Waals surface area (Å²) < 4.78 is 1.82. The van der Waals surface area contributed by atoms with Crippen LogP contribution in [0.4, 0.5) is 0 Å². The number of fused-ring (bicyclic) bond motifs is 1. The number of hydrogen-bond donors (Lipinski definition) is 2. The number of carbonyl (C=O) groups excluding carboxylic acids is 1. The van der Waals surface area contributed by atoms with Crippen molar-refractivity contribution < 1.29 is 4.79 Å². The molecule has 2 aromatic heterocycles. The lowest BCUT2D eigenvalue weighted by atomic mass is 9.65. The van der Waals surface area contributed by atoms with Gasteiger partial charge >= 0.3 is 0 Å². The van der Waals surface area contributed by atoms with Crippen molar-refractivity contribution in [3.63, 3.8) is 0 Å². The molecular formula is C22H28N6O. The summed E-state index contributed by atoms with van der Waals surface area (Å²) in [6.45, 7) is 9.18. The van der Waals surface area contributed by atoms with Crippen LogP contribution < -0.4 is 5.43 Å². The number of H-pyrrole nitrogens is 1. The molecule has 1 fully saturated rings. The van der Waals surface area contributed by atoms with E-state index >= 15 is 0 Å². The molecule has 1 aromatic carbocycles. The van der Waals surface area contributed by atoms with Crippen LogP contribution in [0.5, 0.6) is 0 Å². The number of para-hydroxylation sites is 2. The lowest BCUT2D eigenvalue weighted by Crippen LogP contribution is -2.45. The zero-order valence-corrected chi connectivity index (χ0v) is 17.4. The van der Waals surface area contributed by atoms with Crippen molar-refractivity contribution in [2.75, 3.05) is 0 Å². The Labute approximate surface area is 170 Å². The maximum absolute atomic E-state index is 13.1. The number of benzene rings is 1. The van der Waals surface area contributed by atoms with Crippen LogP contribution >= 0.6 is 0 Å². The zero-order valence-electron chi connectivity index (χ0n) is 17.4. The minimum absolute atomic E-state index is 0.0553. The Bertz CT molecular complexity index is 1030. The lowest BCUT2D eigenvalue weighted by Gasteiger charge is -2.39. The molecule has 1 aliphatic carbocycles. The molecular weight excluding hydrogens is 364 g/mol. The van der Waals surface area contributed by atoms with Gasteiger partial charge in [0, 0.05) is 24.2 Å². The van der Waals surface area contributed by atoms with Crippen molar-refractivity contribution in [2.24, 2.45) is 15.9 Å². The number of amides is 1. The monoisotopic (exact) mass is 392 g/mol. The molecule has 0 radical (unpaired) electrons. The molecule has 1 aliphatic rings. The van der Waals surface area contributed by atoms with Gasteiger partial charge in [0.05, 0.1) is 28.9 Å². The Hall–Kier alpha value is -2.96. The summed E-state index contributed by atoms with van der Waals surface area (Å²) >= 11 is 0. The Kier molecular flexibility index (Phi) is 4.76. The van der Waals surface area contributed by atoms with E-state index in [4.69, 9.17) is 4.98 Å². The topological polar surface area (TPSA) is 88.0 Å². The molecule has 1 amide bonds. The van der Waals surface area contributed by atoms with Crippen LogP contribution in [0.15, 0.2) is 41.8 Å². The predicted molar refractivity (Wildman–Crippen MR) is 114 cm³/mol. The molecule has 2 heterocycles. The second-order valence-corrected chi connectivity index (χ2v) is 8.61. The van der Waals surface area contributed by atoms with E-state index in [1.165, 1.54) is 0 Å². The number of aromatic nitrogens is 4. The minimum Gasteiger partial charge on any atom is -0.342 e. The van der Waals surface area contributed by atoms with E-state index in [0.717, 1.165) is 41.8 Å². The van der Waals surface area contributed by atoms with Gasteiger partial charge in [0.1, 0.15) is 5.82 Å². The molecule has 0 spiro atoms. The van der Waals surface area contributed by atoms with E-state index in [9.17, 15) is 4.79 Å². The maximum atomic E-state index is 13.1. The molecule has 0 unspecified atom stereocenters. The normalized spacial score (nSPS) is 23.8. The number of carbonyl (C=O) groups is 1. The first kappa shape index (κ1) is 19.4. The molecule has 1 saturated carbocycles. The summed E-state index contributed by atoms with van der Waals surface area (Å²) in [5.74, 6) is 1.08. The number of imidazole rings is 1. The summed E-state index contributed by atoms with van der Waals surface area (Å²) in [7, 11) is 0. The van der Waals surface area contributed by atoms with Crippen LogP contribution in [0.25, 0.3) is 11.0 Å². The van der Waals surface area contributed by atoms with Gasteiger partial charge in [-0.25, -0.2) is 10.4 Å². The maximum Gasteiger partial charge on any atom is 0.246 e. The fraction of sp³-hybridized carbons (Fsp3) is 0.455. The van der Waals surface area contributed by atoms with Crippen molar-refractivity contribution in [3.8, 4) is 0 Å². The molecule has 2 atom stereocenters. The van der Waals surface area contributed by atoms with E-state index in [0.29, 0.717) is 0 Å². The highest BCUT2D eigenvalue weighted by Gasteiger charge is 2.57. The Morgan fingerprint density at radius 1 is 1.38 bits per heavy atom. The molecule has 4 rings (SSSR count). The molecule has 0 bridgehead atoms. The Balaban J connectivity index is 1.51. The second-order valence-electron chi connectivity index (χ2n) is 8.61. The van der Waals surface area contributed by atoms with Crippen LogP contribution in [-0.4, -0.2) is 31.9 Å². The zero-order chi connectivity index (χ0) is 20.6. The summed E-state index contributed by atoms with van der Waals surface area (Å²) in [5, 5.41) is 8.39. The smallest absolute Gasteiger partial charge is 0.246 e. The first-order valence-corrected chi connectivity index (χ1v) is 10.2. The highest BCUT2D eigenvalue weighted by atomic mass is 16.2. The van der Waals surface area contributed by atoms with Crippen molar-refractivity contribution >= 4 is 23.2 Å². The van der Waals surface area contributed by atoms with Gasteiger partial charge < -0.3 is 4.98 Å². The molecule has 0 aliphatic heterocycles. The van der Waals surface area contributed by atoms with Crippen molar-refractivity contribution in [1.82, 2.24) is 25.2 Å². The Morgan fingerprint density at radius 3 is 2.90 bits per heavy atom. The van der Waals surface area contributed by atoms with E-state index in [-0.39, 0.29) is 17.2 Å². The summed E-state index contributed by atoms with van der Waals surface area (Å²) in [5.41, 5.74) is 4.81. The Morgan fingerprint density at radius 2 is 2.17 bits per heavy atom. The highest BCUT2D eigenvalue weighted by Crippen LogP contribution is 2.59. The van der Waals surface area contributed by atoms with Crippen LogP contribution in [0.3, 0.4) is 0 Å². The van der Waals surface area contributed by atoms with Gasteiger partial charge in [-0.1, -0.05) is 32.9 Å². The standard InChI is InChI=1S/C22H28N6O/c1-5-28-14-15(13-24-28)12-23-27-20(29)22(4)11-10-16(21(22,2)3)19-25-17-8-6-7-9-18(17)26-19/h6-9,12-14,16H,5,10-11H2,1-4H3,(H,25,26)(H,27,29)/b23-12-/t16-,22+/m0/s1. The molecule has 2 N–H and O–H groups in total. The fourth-order valence-corrected chi connectivity index (χ4v) is 4.43. The number of hydrazone groups is 1. The third-order valence-corrected chi connectivity index (χ3v) is 6.82.